The SMILES string of the molecule is C=CCCCOC(=O)[C@@H]1[C@H]2C(=O)N([C@H](C)CO)C(C(=O)N(CC=C)C(C)(C)CC(C)(C)C)C23S[C@@H]1CC3C. The van der Waals surface area contributed by atoms with Crippen molar-refractivity contribution < 1.29 is 24.2 Å². The van der Waals surface area contributed by atoms with Crippen LogP contribution in [0.3, 0.4) is 0 Å². The Morgan fingerprint density at radius 3 is 2.47 bits per heavy atom. The molecule has 7 atom stereocenters. The fraction of sp³-hybridized carbons (Fsp3) is 0.767. The summed E-state index contributed by atoms with van der Waals surface area (Å²) in [4.78, 5) is 45.7. The van der Waals surface area contributed by atoms with Gasteiger partial charge in [-0.25, -0.2) is 0 Å². The third-order valence-electron chi connectivity index (χ3n) is 8.50. The summed E-state index contributed by atoms with van der Waals surface area (Å²) in [6.45, 7) is 22.5. The number of ether oxygens (including phenoxy) is 1. The number of nitrogens with zero attached hydrogens (tertiary/aromatic N) is 2. The largest absolute Gasteiger partial charge is 0.465 e. The van der Waals surface area contributed by atoms with Gasteiger partial charge in [-0.3, -0.25) is 14.4 Å². The van der Waals surface area contributed by atoms with Gasteiger partial charge >= 0.3 is 5.97 Å². The van der Waals surface area contributed by atoms with Gasteiger partial charge in [0.1, 0.15) is 6.04 Å². The molecule has 0 aromatic carbocycles. The van der Waals surface area contributed by atoms with Crippen molar-refractivity contribution in [1.29, 1.82) is 0 Å². The first-order chi connectivity index (χ1) is 17.7. The number of hydrogen-bond donors (Lipinski definition) is 1. The molecule has 38 heavy (non-hydrogen) atoms. The van der Waals surface area contributed by atoms with Gasteiger partial charge in [0.05, 0.1) is 35.8 Å². The van der Waals surface area contributed by atoms with Crippen LogP contribution in [0.25, 0.3) is 0 Å². The van der Waals surface area contributed by atoms with Crippen LogP contribution >= 0.6 is 11.8 Å². The van der Waals surface area contributed by atoms with E-state index >= 15 is 0 Å². The Balaban J connectivity index is 2.06. The van der Waals surface area contributed by atoms with Crippen LogP contribution in [-0.4, -0.2) is 80.1 Å². The van der Waals surface area contributed by atoms with E-state index in [4.69, 9.17) is 4.74 Å². The second-order valence-corrected chi connectivity index (χ2v) is 14.8. The maximum Gasteiger partial charge on any atom is 0.310 e. The van der Waals surface area contributed by atoms with E-state index in [2.05, 4.69) is 54.7 Å². The lowest BCUT2D eigenvalue weighted by atomic mass is 9.66. The van der Waals surface area contributed by atoms with Crippen molar-refractivity contribution >= 4 is 29.5 Å². The number of allylic oxidation sites excluding steroid dienone is 1. The maximum absolute atomic E-state index is 14.7. The number of amides is 2. The molecule has 0 aliphatic carbocycles. The van der Waals surface area contributed by atoms with Crippen LogP contribution in [0.15, 0.2) is 25.3 Å². The molecule has 3 unspecified atom stereocenters. The predicted molar refractivity (Wildman–Crippen MR) is 153 cm³/mol. The molecule has 0 radical (unpaired) electrons. The van der Waals surface area contributed by atoms with Gasteiger partial charge in [0.15, 0.2) is 0 Å². The number of rotatable bonds is 12. The molecule has 1 N–H and O–H groups in total. The molecule has 8 heteroatoms. The lowest BCUT2D eigenvalue weighted by molar-refractivity contribution is -0.155. The van der Waals surface area contributed by atoms with Gasteiger partial charge in [0.2, 0.25) is 11.8 Å². The van der Waals surface area contributed by atoms with Crippen LogP contribution in [0.1, 0.15) is 74.1 Å². The summed E-state index contributed by atoms with van der Waals surface area (Å²) < 4.78 is 4.91. The van der Waals surface area contributed by atoms with Crippen molar-refractivity contribution in [2.24, 2.45) is 23.2 Å². The van der Waals surface area contributed by atoms with E-state index in [1.807, 2.05) is 4.90 Å². The van der Waals surface area contributed by atoms with Gasteiger partial charge in [-0.15, -0.1) is 24.9 Å². The average Bonchev–Trinajstić information content (AvgIpc) is 3.41. The van der Waals surface area contributed by atoms with Gasteiger partial charge < -0.3 is 19.6 Å². The lowest BCUT2D eigenvalue weighted by Gasteiger charge is -2.47. The van der Waals surface area contributed by atoms with Gasteiger partial charge in [-0.1, -0.05) is 39.8 Å². The summed E-state index contributed by atoms with van der Waals surface area (Å²) in [6, 6.07) is -1.33. The topological polar surface area (TPSA) is 87.1 Å². The first-order valence-corrected chi connectivity index (χ1v) is 14.9. The molecule has 3 saturated heterocycles. The Labute approximate surface area is 233 Å². The molecule has 0 aromatic heterocycles. The van der Waals surface area contributed by atoms with Crippen LogP contribution in [-0.2, 0) is 19.1 Å². The normalized spacial score (nSPS) is 31.2. The van der Waals surface area contributed by atoms with Gasteiger partial charge in [0.25, 0.3) is 0 Å². The second kappa shape index (κ2) is 11.4. The average molecular weight is 549 g/mol. The Morgan fingerprint density at radius 2 is 1.92 bits per heavy atom. The Hall–Kier alpha value is -1.80. The monoisotopic (exact) mass is 548 g/mol. The lowest BCUT2D eigenvalue weighted by Crippen LogP contribution is -2.62. The zero-order valence-electron chi connectivity index (χ0n) is 24.4. The smallest absolute Gasteiger partial charge is 0.310 e. The molecule has 2 bridgehead atoms. The van der Waals surface area contributed by atoms with E-state index in [1.165, 1.54) is 0 Å². The van der Waals surface area contributed by atoms with E-state index < -0.39 is 34.2 Å². The molecular weight excluding hydrogens is 500 g/mol. The van der Waals surface area contributed by atoms with Crippen LogP contribution in [0.5, 0.6) is 0 Å². The highest BCUT2D eigenvalue weighted by molar-refractivity contribution is 8.02. The quantitative estimate of drug-likeness (QED) is 0.220. The van der Waals surface area contributed by atoms with Gasteiger partial charge in [-0.2, -0.15) is 0 Å². The predicted octanol–water partition coefficient (Wildman–Crippen LogP) is 4.44. The Bertz CT molecular complexity index is 943. The fourth-order valence-electron chi connectivity index (χ4n) is 7.37. The third-order valence-corrected chi connectivity index (χ3v) is 10.6. The van der Waals surface area contributed by atoms with Crippen LogP contribution in [0.2, 0.25) is 0 Å². The fourth-order valence-corrected chi connectivity index (χ4v) is 9.76. The second-order valence-electron chi connectivity index (χ2n) is 13.2. The minimum Gasteiger partial charge on any atom is -0.465 e. The minimum absolute atomic E-state index is 0.0259. The van der Waals surface area contributed by atoms with Crippen molar-refractivity contribution in [3.05, 3.63) is 25.3 Å². The summed E-state index contributed by atoms with van der Waals surface area (Å²) in [5, 5.41) is 10.1. The molecule has 214 valence electrons. The molecule has 2 amide bonds. The Morgan fingerprint density at radius 1 is 1.26 bits per heavy atom. The van der Waals surface area contributed by atoms with Crippen LogP contribution in [0.4, 0.5) is 0 Å². The number of esters is 1. The first-order valence-electron chi connectivity index (χ1n) is 14.0. The van der Waals surface area contributed by atoms with E-state index in [0.717, 1.165) is 19.3 Å². The number of aliphatic hydroxyl groups is 1. The number of thioether (sulfide) groups is 1. The maximum atomic E-state index is 14.7. The molecule has 3 heterocycles. The molecule has 7 nitrogen and oxygen atoms in total. The third kappa shape index (κ3) is 5.32. The van der Waals surface area contributed by atoms with Gasteiger partial charge in [-0.05, 0) is 57.8 Å². The highest BCUT2D eigenvalue weighted by Gasteiger charge is 2.77. The molecule has 3 rings (SSSR count). The number of carbonyl (C=O) groups is 3. The van der Waals surface area contributed by atoms with Crippen molar-refractivity contribution in [3.63, 3.8) is 0 Å². The number of hydrogen-bond acceptors (Lipinski definition) is 6. The van der Waals surface area contributed by atoms with Crippen LogP contribution < -0.4 is 0 Å². The zero-order chi connectivity index (χ0) is 28.6. The highest BCUT2D eigenvalue weighted by atomic mass is 32.2. The molecule has 3 aliphatic rings. The number of aliphatic hydroxyl groups excluding tert-OH is 1. The van der Waals surface area contributed by atoms with E-state index in [9.17, 15) is 19.5 Å². The summed E-state index contributed by atoms with van der Waals surface area (Å²) in [7, 11) is 0. The molecule has 3 aliphatic heterocycles. The number of likely N-dealkylation sites (tertiary alicyclic amines) is 1. The van der Waals surface area contributed by atoms with Crippen molar-refractivity contribution in [1.82, 2.24) is 9.80 Å². The number of carbonyl (C=O) groups excluding carboxylic acids is 3. The van der Waals surface area contributed by atoms with Crippen molar-refractivity contribution in [2.75, 3.05) is 19.8 Å². The molecule has 0 saturated carbocycles. The highest BCUT2D eigenvalue weighted by Crippen LogP contribution is 2.69. The zero-order valence-corrected chi connectivity index (χ0v) is 25.2. The van der Waals surface area contributed by atoms with E-state index in [0.29, 0.717) is 13.0 Å². The summed E-state index contributed by atoms with van der Waals surface area (Å²) in [5.41, 5.74) is -0.523. The molecule has 1 spiro atoms. The van der Waals surface area contributed by atoms with Crippen LogP contribution in [0, 0.1) is 23.2 Å². The van der Waals surface area contributed by atoms with E-state index in [1.54, 1.807) is 35.7 Å². The van der Waals surface area contributed by atoms with Crippen molar-refractivity contribution in [3.8, 4) is 0 Å². The number of fused-ring (bicyclic) bond motifs is 1. The summed E-state index contributed by atoms with van der Waals surface area (Å²) >= 11 is 1.63. The standard InChI is InChI=1S/C30H48N2O5S/c1-10-12-13-15-37-27(36)22-21-16-19(3)30(38-21)23(22)25(34)32(20(4)17-33)24(30)26(35)31(14-11-2)29(8,9)18-28(5,6)7/h10-11,19-24,33H,1-2,12-18H2,3-9H3/t19?,20-,21-,22+,23+,24?,30?/m1/s1. The van der Waals surface area contributed by atoms with Gasteiger partial charge in [0, 0.05) is 17.3 Å². The minimum atomic E-state index is -0.773. The molecular formula is C30H48N2O5S. The van der Waals surface area contributed by atoms with Crippen molar-refractivity contribution in [2.45, 2.75) is 102 Å². The Kier molecular flexibility index (Phi) is 9.19. The van der Waals surface area contributed by atoms with E-state index in [-0.39, 0.29) is 47.6 Å². The molecule has 3 fully saturated rings. The summed E-state index contributed by atoms with van der Waals surface area (Å²) in [5.74, 6) is -1.87. The molecule has 0 aromatic rings. The first kappa shape index (κ1) is 30.7. The summed E-state index contributed by atoms with van der Waals surface area (Å²) in [6.07, 6.45) is 6.48. The number of unbranched alkanes of at least 4 members (excludes halogenated alkanes) is 1.